The van der Waals surface area contributed by atoms with Crippen LogP contribution < -0.4 is 10.6 Å². The van der Waals surface area contributed by atoms with E-state index in [-0.39, 0.29) is 30.1 Å². The molecule has 1 aromatic rings. The minimum atomic E-state index is 0. The van der Waals surface area contributed by atoms with Crippen LogP contribution in [0.4, 0.5) is 0 Å². The number of guanidine groups is 1. The van der Waals surface area contributed by atoms with Crippen LogP contribution in [-0.4, -0.2) is 32.1 Å². The first kappa shape index (κ1) is 16.6. The molecule has 0 amide bonds. The molecule has 0 saturated carbocycles. The fourth-order valence-corrected chi connectivity index (χ4v) is 2.00. The Labute approximate surface area is 123 Å². The average molecular weight is 370 g/mol. The summed E-state index contributed by atoms with van der Waals surface area (Å²) >= 11 is 1.61. The van der Waals surface area contributed by atoms with Gasteiger partial charge in [0, 0.05) is 26.6 Å². The molecule has 0 fully saturated rings. The quantitative estimate of drug-likeness (QED) is 0.482. The molecule has 17 heavy (non-hydrogen) atoms. The van der Waals surface area contributed by atoms with Crippen LogP contribution in [0.5, 0.6) is 0 Å². The van der Waals surface area contributed by atoms with Gasteiger partial charge in [0.1, 0.15) is 11.1 Å². The van der Waals surface area contributed by atoms with Crippen molar-refractivity contribution < 1.29 is 4.74 Å². The van der Waals surface area contributed by atoms with E-state index in [1.807, 2.05) is 19.4 Å². The van der Waals surface area contributed by atoms with Gasteiger partial charge in [-0.1, -0.05) is 0 Å². The normalized spacial score (nSPS) is 12.8. The van der Waals surface area contributed by atoms with Crippen LogP contribution >= 0.6 is 35.3 Å². The lowest BCUT2D eigenvalue weighted by Gasteiger charge is -2.06. The number of ether oxygens (including phenoxy) is 1. The minimum absolute atomic E-state index is 0. The van der Waals surface area contributed by atoms with Gasteiger partial charge < -0.3 is 15.4 Å². The summed E-state index contributed by atoms with van der Waals surface area (Å²) in [5.41, 5.74) is 1.00. The largest absolute Gasteiger partial charge is 0.375 e. The van der Waals surface area contributed by atoms with E-state index < -0.39 is 0 Å². The Morgan fingerprint density at radius 1 is 1.65 bits per heavy atom. The molecule has 0 aliphatic carbocycles. The number of aromatic nitrogens is 1. The van der Waals surface area contributed by atoms with Crippen molar-refractivity contribution in [3.8, 4) is 0 Å². The summed E-state index contributed by atoms with van der Waals surface area (Å²) in [5.74, 6) is 0.759. The summed E-state index contributed by atoms with van der Waals surface area (Å²) in [6, 6.07) is 0. The molecule has 0 aromatic carbocycles. The highest BCUT2D eigenvalue weighted by atomic mass is 127. The number of hydrogen-bond acceptors (Lipinski definition) is 4. The van der Waals surface area contributed by atoms with E-state index in [1.54, 1.807) is 25.5 Å². The van der Waals surface area contributed by atoms with Crippen molar-refractivity contribution in [2.24, 2.45) is 4.99 Å². The molecular formula is C10H19IN4OS. The smallest absolute Gasteiger partial charge is 0.191 e. The minimum Gasteiger partial charge on any atom is -0.375 e. The van der Waals surface area contributed by atoms with Crippen LogP contribution in [-0.2, 0) is 11.3 Å². The molecule has 1 aromatic heterocycles. The van der Waals surface area contributed by atoms with Crippen LogP contribution in [0.2, 0.25) is 0 Å². The van der Waals surface area contributed by atoms with E-state index in [1.165, 1.54) is 0 Å². The van der Waals surface area contributed by atoms with E-state index >= 15 is 0 Å². The first-order chi connectivity index (χ1) is 7.71. The van der Waals surface area contributed by atoms with Crippen molar-refractivity contribution in [1.82, 2.24) is 15.6 Å². The number of aliphatic imine (C=N–C) groups is 1. The Balaban J connectivity index is 0.00000256. The van der Waals surface area contributed by atoms with Crippen LogP contribution in [0.15, 0.2) is 10.4 Å². The molecule has 98 valence electrons. The molecule has 0 aliphatic heterocycles. The molecule has 0 aliphatic rings. The lowest BCUT2D eigenvalue weighted by Crippen LogP contribution is -2.34. The first-order valence-corrected chi connectivity index (χ1v) is 5.94. The van der Waals surface area contributed by atoms with Crippen LogP contribution in [0.3, 0.4) is 0 Å². The standard InChI is InChI=1S/C10H18N4OS.HI/c1-7(15-4)9-14-8(6-16-9)5-13-10(11-2)12-3;/h6-7H,5H2,1-4H3,(H2,11,12,13);1H. The molecule has 1 heterocycles. The SMILES string of the molecule is CN=C(NC)NCc1csc(C(C)OC)n1.I. The van der Waals surface area contributed by atoms with Crippen molar-refractivity contribution in [1.29, 1.82) is 0 Å². The van der Waals surface area contributed by atoms with Gasteiger partial charge in [0.25, 0.3) is 0 Å². The Hall–Kier alpha value is -0.410. The van der Waals surface area contributed by atoms with Gasteiger partial charge in [0.2, 0.25) is 0 Å². The van der Waals surface area contributed by atoms with Gasteiger partial charge in [-0.25, -0.2) is 4.98 Å². The average Bonchev–Trinajstić information content (AvgIpc) is 2.78. The van der Waals surface area contributed by atoms with Crippen LogP contribution in [0.1, 0.15) is 23.7 Å². The zero-order valence-electron chi connectivity index (χ0n) is 10.5. The van der Waals surface area contributed by atoms with Gasteiger partial charge in [-0.3, -0.25) is 4.99 Å². The van der Waals surface area contributed by atoms with E-state index in [0.717, 1.165) is 16.7 Å². The van der Waals surface area contributed by atoms with Crippen molar-refractivity contribution >= 4 is 41.3 Å². The van der Waals surface area contributed by atoms with E-state index in [9.17, 15) is 0 Å². The molecule has 7 heteroatoms. The summed E-state index contributed by atoms with van der Waals surface area (Å²) in [5, 5.41) is 9.13. The maximum Gasteiger partial charge on any atom is 0.191 e. The predicted octanol–water partition coefficient (Wildman–Crippen LogP) is 1.76. The molecule has 0 radical (unpaired) electrons. The van der Waals surface area contributed by atoms with Crippen LogP contribution in [0, 0.1) is 0 Å². The monoisotopic (exact) mass is 370 g/mol. The maximum absolute atomic E-state index is 5.21. The third kappa shape index (κ3) is 5.17. The molecule has 1 unspecified atom stereocenters. The zero-order valence-corrected chi connectivity index (χ0v) is 13.6. The number of nitrogens with one attached hydrogen (secondary N) is 2. The molecule has 0 bridgehead atoms. The molecular weight excluding hydrogens is 351 g/mol. The summed E-state index contributed by atoms with van der Waals surface area (Å²) in [7, 11) is 5.25. The van der Waals surface area contributed by atoms with E-state index in [0.29, 0.717) is 6.54 Å². The highest BCUT2D eigenvalue weighted by Crippen LogP contribution is 2.20. The summed E-state index contributed by atoms with van der Waals surface area (Å²) in [6.45, 7) is 2.66. The van der Waals surface area contributed by atoms with Gasteiger partial charge in [-0.15, -0.1) is 35.3 Å². The number of hydrogen-bond donors (Lipinski definition) is 2. The lowest BCUT2D eigenvalue weighted by molar-refractivity contribution is 0.119. The van der Waals surface area contributed by atoms with Crippen molar-refractivity contribution in [2.45, 2.75) is 19.6 Å². The predicted molar refractivity (Wildman–Crippen MR) is 82.2 cm³/mol. The zero-order chi connectivity index (χ0) is 12.0. The third-order valence-electron chi connectivity index (χ3n) is 2.17. The number of thiazole rings is 1. The highest BCUT2D eigenvalue weighted by molar-refractivity contribution is 14.0. The summed E-state index contributed by atoms with van der Waals surface area (Å²) in [4.78, 5) is 8.49. The maximum atomic E-state index is 5.21. The van der Waals surface area contributed by atoms with Gasteiger partial charge >= 0.3 is 0 Å². The second-order valence-electron chi connectivity index (χ2n) is 3.23. The third-order valence-corrected chi connectivity index (χ3v) is 3.22. The number of rotatable bonds is 4. The summed E-state index contributed by atoms with van der Waals surface area (Å²) < 4.78 is 5.21. The molecule has 1 atom stereocenters. The molecule has 2 N–H and O–H groups in total. The van der Waals surface area contributed by atoms with Gasteiger partial charge in [0.15, 0.2) is 5.96 Å². The Morgan fingerprint density at radius 2 is 2.35 bits per heavy atom. The van der Waals surface area contributed by atoms with Crippen molar-refractivity contribution in [3.05, 3.63) is 16.1 Å². The number of halogens is 1. The van der Waals surface area contributed by atoms with Crippen LogP contribution in [0.25, 0.3) is 0 Å². The second-order valence-corrected chi connectivity index (χ2v) is 4.12. The fraction of sp³-hybridized carbons (Fsp3) is 0.600. The van der Waals surface area contributed by atoms with E-state index in [2.05, 4.69) is 20.6 Å². The Bertz CT molecular complexity index is 356. The fourth-order valence-electron chi connectivity index (χ4n) is 1.14. The van der Waals surface area contributed by atoms with Gasteiger partial charge in [-0.2, -0.15) is 0 Å². The van der Waals surface area contributed by atoms with Crippen molar-refractivity contribution in [2.75, 3.05) is 21.2 Å². The van der Waals surface area contributed by atoms with Crippen molar-refractivity contribution in [3.63, 3.8) is 0 Å². The highest BCUT2D eigenvalue weighted by Gasteiger charge is 2.09. The second kappa shape index (κ2) is 8.65. The first-order valence-electron chi connectivity index (χ1n) is 5.06. The van der Waals surface area contributed by atoms with Gasteiger partial charge in [-0.05, 0) is 6.92 Å². The molecule has 5 nitrogen and oxygen atoms in total. The number of methoxy groups -OCH3 is 1. The lowest BCUT2D eigenvalue weighted by atomic mass is 10.4. The molecule has 0 saturated heterocycles. The number of nitrogens with zero attached hydrogens (tertiary/aromatic N) is 2. The molecule has 0 spiro atoms. The Kier molecular flexibility index (Phi) is 8.44. The van der Waals surface area contributed by atoms with E-state index in [4.69, 9.17) is 4.74 Å². The Morgan fingerprint density at radius 3 is 2.88 bits per heavy atom. The van der Waals surface area contributed by atoms with Gasteiger partial charge in [0.05, 0.1) is 12.2 Å². The topological polar surface area (TPSA) is 58.5 Å². The molecule has 1 rings (SSSR count). The summed E-state index contributed by atoms with van der Waals surface area (Å²) in [6.07, 6.45) is 0.0577.